The van der Waals surface area contributed by atoms with Gasteiger partial charge in [0.2, 0.25) is 0 Å². The van der Waals surface area contributed by atoms with Crippen LogP contribution in [0.3, 0.4) is 0 Å². The summed E-state index contributed by atoms with van der Waals surface area (Å²) in [4.78, 5) is 24.8. The molecule has 1 atom stereocenters. The minimum absolute atomic E-state index is 0.0962. The van der Waals surface area contributed by atoms with Gasteiger partial charge in [-0.3, -0.25) is 4.79 Å². The van der Waals surface area contributed by atoms with Gasteiger partial charge in [-0.25, -0.2) is 4.79 Å². The molecule has 18 heavy (non-hydrogen) atoms. The van der Waals surface area contributed by atoms with Crippen LogP contribution < -0.4 is 0 Å². The summed E-state index contributed by atoms with van der Waals surface area (Å²) in [7, 11) is 1.38. The Morgan fingerprint density at radius 2 is 2.00 bits per heavy atom. The first kappa shape index (κ1) is 14.8. The fraction of sp³-hybridized carbons (Fsp3) is 0.846. The van der Waals surface area contributed by atoms with Crippen molar-refractivity contribution in [2.75, 3.05) is 13.7 Å². The first-order valence-corrected chi connectivity index (χ1v) is 6.40. The van der Waals surface area contributed by atoms with Gasteiger partial charge in [0.15, 0.2) is 0 Å². The second-order valence-electron chi connectivity index (χ2n) is 5.58. The maximum Gasteiger partial charge on any atom is 0.410 e. The van der Waals surface area contributed by atoms with Gasteiger partial charge < -0.3 is 14.4 Å². The van der Waals surface area contributed by atoms with Crippen molar-refractivity contribution in [1.29, 1.82) is 0 Å². The number of amides is 1. The lowest BCUT2D eigenvalue weighted by molar-refractivity contribution is -0.141. The molecule has 0 radical (unpaired) electrons. The summed E-state index contributed by atoms with van der Waals surface area (Å²) in [5.74, 6) is -0.231. The van der Waals surface area contributed by atoms with Gasteiger partial charge in [-0.15, -0.1) is 0 Å². The van der Waals surface area contributed by atoms with Crippen molar-refractivity contribution in [2.24, 2.45) is 0 Å². The molecule has 0 aromatic carbocycles. The van der Waals surface area contributed by atoms with Gasteiger partial charge >= 0.3 is 12.1 Å². The highest BCUT2D eigenvalue weighted by molar-refractivity contribution is 5.70. The molecular weight excluding hydrogens is 234 g/mol. The predicted molar refractivity (Wildman–Crippen MR) is 67.2 cm³/mol. The van der Waals surface area contributed by atoms with Gasteiger partial charge in [-0.2, -0.15) is 0 Å². The van der Waals surface area contributed by atoms with Crippen molar-refractivity contribution in [3.05, 3.63) is 0 Å². The Labute approximate surface area is 108 Å². The normalized spacial score (nSPS) is 19.8. The zero-order valence-electron chi connectivity index (χ0n) is 11.7. The van der Waals surface area contributed by atoms with E-state index in [1.54, 1.807) is 4.90 Å². The average Bonchev–Trinajstić information content (AvgIpc) is 2.71. The highest BCUT2D eigenvalue weighted by Gasteiger charge is 2.32. The fourth-order valence-corrected chi connectivity index (χ4v) is 2.08. The van der Waals surface area contributed by atoms with Crippen molar-refractivity contribution in [1.82, 2.24) is 4.90 Å². The van der Waals surface area contributed by atoms with E-state index < -0.39 is 5.60 Å². The molecule has 0 unspecified atom stereocenters. The topological polar surface area (TPSA) is 55.8 Å². The molecule has 1 amide bonds. The standard InChI is InChI=1S/C13H23NO4/c1-13(2,3)18-12(16)14-9-5-6-10(14)7-8-11(15)17-4/h10H,5-9H2,1-4H3/t10-/m0/s1. The number of carbonyl (C=O) groups is 2. The van der Waals surface area contributed by atoms with Gasteiger partial charge in [0.1, 0.15) is 5.60 Å². The van der Waals surface area contributed by atoms with Crippen LogP contribution in [0.15, 0.2) is 0 Å². The Balaban J connectivity index is 2.49. The molecule has 1 heterocycles. The van der Waals surface area contributed by atoms with E-state index >= 15 is 0 Å². The summed E-state index contributed by atoms with van der Waals surface area (Å²) in [5.41, 5.74) is -0.480. The molecule has 0 aliphatic carbocycles. The fourth-order valence-electron chi connectivity index (χ4n) is 2.08. The van der Waals surface area contributed by atoms with Gasteiger partial charge in [-0.1, -0.05) is 0 Å². The smallest absolute Gasteiger partial charge is 0.410 e. The second kappa shape index (κ2) is 6.07. The number of hydrogen-bond acceptors (Lipinski definition) is 4. The number of esters is 1. The Hall–Kier alpha value is -1.26. The Kier molecular flexibility index (Phi) is 4.99. The van der Waals surface area contributed by atoms with Gasteiger partial charge in [0.05, 0.1) is 7.11 Å². The third-order valence-electron chi connectivity index (χ3n) is 2.91. The van der Waals surface area contributed by atoms with E-state index in [9.17, 15) is 9.59 Å². The van der Waals surface area contributed by atoms with Crippen LogP contribution in [0.25, 0.3) is 0 Å². The van der Waals surface area contributed by atoms with Crippen LogP contribution in [0.1, 0.15) is 46.5 Å². The molecule has 0 aromatic rings. The van der Waals surface area contributed by atoms with Crippen LogP contribution in [0.5, 0.6) is 0 Å². The van der Waals surface area contributed by atoms with Crippen LogP contribution in [-0.2, 0) is 14.3 Å². The van der Waals surface area contributed by atoms with Crippen molar-refractivity contribution >= 4 is 12.1 Å². The first-order valence-electron chi connectivity index (χ1n) is 6.40. The maximum atomic E-state index is 12.0. The Morgan fingerprint density at radius 1 is 1.33 bits per heavy atom. The Bertz CT molecular complexity index is 309. The molecule has 104 valence electrons. The van der Waals surface area contributed by atoms with Crippen LogP contribution in [-0.4, -0.2) is 42.3 Å². The third kappa shape index (κ3) is 4.55. The number of rotatable bonds is 3. The molecule has 5 nitrogen and oxygen atoms in total. The molecule has 0 aromatic heterocycles. The summed E-state index contributed by atoms with van der Waals surface area (Å²) in [5, 5.41) is 0. The van der Waals surface area contributed by atoms with Gasteiger partial charge in [0.25, 0.3) is 0 Å². The number of nitrogens with zero attached hydrogens (tertiary/aromatic N) is 1. The molecule has 0 bridgehead atoms. The monoisotopic (exact) mass is 257 g/mol. The lowest BCUT2D eigenvalue weighted by atomic mass is 10.1. The second-order valence-corrected chi connectivity index (χ2v) is 5.58. The summed E-state index contributed by atoms with van der Waals surface area (Å²) in [6.45, 7) is 6.26. The predicted octanol–water partition coefficient (Wildman–Crippen LogP) is 2.34. The van der Waals surface area contributed by atoms with Crippen LogP contribution in [0.2, 0.25) is 0 Å². The molecule has 1 aliphatic rings. The summed E-state index contributed by atoms with van der Waals surface area (Å²) in [6, 6.07) is 0.0962. The molecule has 5 heteroatoms. The lowest BCUT2D eigenvalue weighted by Gasteiger charge is -2.28. The summed E-state index contributed by atoms with van der Waals surface area (Å²) >= 11 is 0. The number of carbonyl (C=O) groups excluding carboxylic acids is 2. The quantitative estimate of drug-likeness (QED) is 0.728. The van der Waals surface area contributed by atoms with Crippen molar-refractivity contribution in [3.63, 3.8) is 0 Å². The highest BCUT2D eigenvalue weighted by atomic mass is 16.6. The van der Waals surface area contributed by atoms with Crippen molar-refractivity contribution in [3.8, 4) is 0 Å². The zero-order chi connectivity index (χ0) is 13.8. The third-order valence-corrected chi connectivity index (χ3v) is 2.91. The van der Waals surface area contributed by atoms with E-state index in [0.717, 1.165) is 12.8 Å². The summed E-state index contributed by atoms with van der Waals surface area (Å²) < 4.78 is 9.97. The largest absolute Gasteiger partial charge is 0.469 e. The van der Waals surface area contributed by atoms with Gasteiger partial charge in [0, 0.05) is 19.0 Å². The van der Waals surface area contributed by atoms with E-state index in [1.165, 1.54) is 7.11 Å². The molecule has 1 aliphatic heterocycles. The molecular formula is C13H23NO4. The number of ether oxygens (including phenoxy) is 2. The maximum absolute atomic E-state index is 12.0. The first-order chi connectivity index (χ1) is 8.33. The van der Waals surface area contributed by atoms with Crippen molar-refractivity contribution in [2.45, 2.75) is 58.1 Å². The molecule has 1 fully saturated rings. The minimum atomic E-state index is -0.480. The van der Waals surface area contributed by atoms with E-state index in [4.69, 9.17) is 4.74 Å². The minimum Gasteiger partial charge on any atom is -0.469 e. The van der Waals surface area contributed by atoms with E-state index in [0.29, 0.717) is 19.4 Å². The van der Waals surface area contributed by atoms with Gasteiger partial charge in [-0.05, 0) is 40.0 Å². The number of likely N-dealkylation sites (tertiary alicyclic amines) is 1. The van der Waals surface area contributed by atoms with E-state index in [2.05, 4.69) is 4.74 Å². The highest BCUT2D eigenvalue weighted by Crippen LogP contribution is 2.24. The molecule has 0 N–H and O–H groups in total. The molecule has 1 rings (SSSR count). The van der Waals surface area contributed by atoms with Crippen LogP contribution in [0.4, 0.5) is 4.79 Å². The SMILES string of the molecule is COC(=O)CC[C@@H]1CCCN1C(=O)OC(C)(C)C. The van der Waals surface area contributed by atoms with Crippen molar-refractivity contribution < 1.29 is 19.1 Å². The van der Waals surface area contributed by atoms with Crippen LogP contribution >= 0.6 is 0 Å². The average molecular weight is 257 g/mol. The lowest BCUT2D eigenvalue weighted by Crippen LogP contribution is -2.40. The molecule has 1 saturated heterocycles. The van der Waals surface area contributed by atoms with E-state index in [-0.39, 0.29) is 18.1 Å². The molecule has 0 saturated carbocycles. The van der Waals surface area contributed by atoms with Crippen LogP contribution in [0, 0.1) is 0 Å². The summed E-state index contributed by atoms with van der Waals surface area (Å²) in [6.07, 6.45) is 2.60. The number of methoxy groups -OCH3 is 1. The molecule has 0 spiro atoms. The Morgan fingerprint density at radius 3 is 2.56 bits per heavy atom. The van der Waals surface area contributed by atoms with E-state index in [1.807, 2.05) is 20.8 Å². The number of hydrogen-bond donors (Lipinski definition) is 0. The zero-order valence-corrected chi connectivity index (χ0v) is 11.7.